The van der Waals surface area contributed by atoms with Gasteiger partial charge in [-0.2, -0.15) is 5.10 Å². The topological polar surface area (TPSA) is 61.0 Å². The molecule has 0 radical (unpaired) electrons. The number of fused-ring (bicyclic) bond motifs is 4. The molecule has 2 bridgehead atoms. The summed E-state index contributed by atoms with van der Waals surface area (Å²) in [6.45, 7) is 6.69. The zero-order chi connectivity index (χ0) is 16.0. The number of aromatic nitrogens is 2. The number of piperidine rings is 3. The summed E-state index contributed by atoms with van der Waals surface area (Å²) in [7, 11) is 0. The molecule has 2 atom stereocenters. The molecule has 0 unspecified atom stereocenters. The molecule has 3 aliphatic rings. The Hall–Kier alpha value is -1.88. The fourth-order valence-electron chi connectivity index (χ4n) is 4.26. The van der Waals surface area contributed by atoms with Crippen LogP contribution >= 0.6 is 0 Å². The van der Waals surface area contributed by atoms with Crippen LogP contribution in [-0.2, 0) is 6.42 Å². The van der Waals surface area contributed by atoms with Crippen molar-refractivity contribution in [3.05, 3.63) is 29.5 Å². The van der Waals surface area contributed by atoms with Crippen LogP contribution in [-0.4, -0.2) is 46.2 Å². The molecule has 0 spiro atoms. The number of amides is 1. The Kier molecular flexibility index (Phi) is 3.60. The molecular weight excluding hydrogens is 288 g/mol. The zero-order valence-electron chi connectivity index (χ0n) is 13.8. The van der Waals surface area contributed by atoms with Crippen LogP contribution in [0, 0.1) is 5.92 Å². The van der Waals surface area contributed by atoms with Crippen LogP contribution in [0.1, 0.15) is 42.7 Å². The van der Waals surface area contributed by atoms with Gasteiger partial charge in [0, 0.05) is 28.7 Å². The molecular formula is C18H24N4O. The van der Waals surface area contributed by atoms with Gasteiger partial charge in [-0.15, -0.1) is 0 Å². The molecule has 122 valence electrons. The number of aromatic amines is 1. The highest BCUT2D eigenvalue weighted by molar-refractivity contribution is 5.98. The summed E-state index contributed by atoms with van der Waals surface area (Å²) in [5.41, 5.74) is 2.70. The fourth-order valence-corrected chi connectivity index (χ4v) is 4.26. The normalized spacial score (nSPS) is 29.8. The molecule has 0 aliphatic carbocycles. The van der Waals surface area contributed by atoms with Crippen molar-refractivity contribution >= 4 is 16.8 Å². The lowest BCUT2D eigenvalue weighted by Crippen LogP contribution is -2.62. The van der Waals surface area contributed by atoms with E-state index in [0.29, 0.717) is 17.5 Å². The average molecular weight is 312 g/mol. The van der Waals surface area contributed by atoms with Gasteiger partial charge in [0.2, 0.25) is 0 Å². The first-order valence-corrected chi connectivity index (χ1v) is 8.69. The molecule has 2 aromatic rings. The third kappa shape index (κ3) is 2.43. The van der Waals surface area contributed by atoms with Crippen LogP contribution < -0.4 is 5.32 Å². The van der Waals surface area contributed by atoms with Gasteiger partial charge < -0.3 is 5.32 Å². The summed E-state index contributed by atoms with van der Waals surface area (Å²) in [4.78, 5) is 15.2. The molecule has 5 nitrogen and oxygen atoms in total. The van der Waals surface area contributed by atoms with E-state index in [1.165, 1.54) is 25.9 Å². The number of nitrogens with zero attached hydrogens (tertiary/aromatic N) is 2. The zero-order valence-corrected chi connectivity index (χ0v) is 13.8. The fraction of sp³-hybridized carbons (Fsp3) is 0.556. The van der Waals surface area contributed by atoms with Crippen molar-refractivity contribution in [2.75, 3.05) is 13.1 Å². The highest BCUT2D eigenvalue weighted by atomic mass is 16.1. The van der Waals surface area contributed by atoms with Crippen LogP contribution in [0.15, 0.2) is 18.2 Å². The Labute approximate surface area is 136 Å². The van der Waals surface area contributed by atoms with Crippen molar-refractivity contribution in [2.45, 2.75) is 45.2 Å². The van der Waals surface area contributed by atoms with Crippen molar-refractivity contribution in [3.8, 4) is 0 Å². The van der Waals surface area contributed by atoms with Crippen molar-refractivity contribution in [1.82, 2.24) is 20.4 Å². The maximum Gasteiger partial charge on any atom is 0.251 e. The number of rotatable bonds is 3. The SMILES string of the molecule is CCc1[nH]nc2cc(C(=O)N[C@@H]3C4CCN(CC4)[C@H]3C)ccc12. The molecule has 4 heterocycles. The predicted molar refractivity (Wildman–Crippen MR) is 90.5 cm³/mol. The van der Waals surface area contributed by atoms with Gasteiger partial charge in [0.15, 0.2) is 0 Å². The molecule has 3 saturated heterocycles. The molecule has 23 heavy (non-hydrogen) atoms. The second kappa shape index (κ2) is 5.64. The summed E-state index contributed by atoms with van der Waals surface area (Å²) >= 11 is 0. The number of aryl methyl sites for hydroxylation is 1. The molecule has 1 aromatic carbocycles. The summed E-state index contributed by atoms with van der Waals surface area (Å²) in [5, 5.41) is 11.8. The van der Waals surface area contributed by atoms with Crippen molar-refractivity contribution in [1.29, 1.82) is 0 Å². The second-order valence-corrected chi connectivity index (χ2v) is 6.90. The van der Waals surface area contributed by atoms with Gasteiger partial charge in [-0.1, -0.05) is 13.0 Å². The van der Waals surface area contributed by atoms with E-state index >= 15 is 0 Å². The number of hydrogen-bond donors (Lipinski definition) is 2. The number of nitrogens with one attached hydrogen (secondary N) is 2. The number of benzene rings is 1. The number of carbonyl (C=O) groups excluding carboxylic acids is 1. The van der Waals surface area contributed by atoms with Gasteiger partial charge in [0.05, 0.1) is 5.52 Å². The van der Waals surface area contributed by atoms with Crippen LogP contribution in [0.5, 0.6) is 0 Å². The lowest BCUT2D eigenvalue weighted by molar-refractivity contribution is 0.0217. The van der Waals surface area contributed by atoms with Crippen molar-refractivity contribution in [3.63, 3.8) is 0 Å². The van der Waals surface area contributed by atoms with E-state index in [1.807, 2.05) is 18.2 Å². The molecule has 1 amide bonds. The van der Waals surface area contributed by atoms with Crippen LogP contribution in [0.25, 0.3) is 10.9 Å². The first-order chi connectivity index (χ1) is 11.2. The maximum atomic E-state index is 12.7. The minimum absolute atomic E-state index is 0.0264. The molecule has 2 N–H and O–H groups in total. The number of carbonyl (C=O) groups is 1. The summed E-state index contributed by atoms with van der Waals surface area (Å²) in [5.74, 6) is 0.651. The molecule has 1 aromatic heterocycles. The molecule has 5 rings (SSSR count). The standard InChI is InChI=1S/C18H24N4O/c1-3-15-14-5-4-13(10-16(14)21-20-15)18(23)19-17-11(2)22-8-6-12(17)7-9-22/h4-5,10-12,17H,3,6-9H2,1-2H3,(H,19,23)(H,20,21)/t11-,17-/m0/s1. The summed E-state index contributed by atoms with van der Waals surface area (Å²) < 4.78 is 0. The van der Waals surface area contributed by atoms with E-state index in [9.17, 15) is 4.79 Å². The largest absolute Gasteiger partial charge is 0.347 e. The Morgan fingerprint density at radius 1 is 1.39 bits per heavy atom. The van der Waals surface area contributed by atoms with Gasteiger partial charge in [-0.3, -0.25) is 14.8 Å². The first-order valence-electron chi connectivity index (χ1n) is 8.69. The van der Waals surface area contributed by atoms with Gasteiger partial charge in [0.25, 0.3) is 5.91 Å². The highest BCUT2D eigenvalue weighted by Gasteiger charge is 2.40. The average Bonchev–Trinajstić information content (AvgIpc) is 3.00. The lowest BCUT2D eigenvalue weighted by atomic mass is 9.79. The minimum atomic E-state index is 0.0264. The van der Waals surface area contributed by atoms with Crippen molar-refractivity contribution in [2.24, 2.45) is 5.92 Å². The number of H-pyrrole nitrogens is 1. The Morgan fingerprint density at radius 2 is 2.17 bits per heavy atom. The molecule has 3 aliphatic heterocycles. The third-order valence-corrected chi connectivity index (χ3v) is 5.73. The summed E-state index contributed by atoms with van der Waals surface area (Å²) in [6, 6.07) is 6.52. The summed E-state index contributed by atoms with van der Waals surface area (Å²) in [6.07, 6.45) is 3.32. The van der Waals surface area contributed by atoms with E-state index in [1.54, 1.807) is 0 Å². The highest BCUT2D eigenvalue weighted by Crippen LogP contribution is 2.32. The van der Waals surface area contributed by atoms with Gasteiger partial charge in [0.1, 0.15) is 0 Å². The van der Waals surface area contributed by atoms with Crippen LogP contribution in [0.2, 0.25) is 0 Å². The Morgan fingerprint density at radius 3 is 2.87 bits per heavy atom. The van der Waals surface area contributed by atoms with E-state index < -0.39 is 0 Å². The number of hydrogen-bond acceptors (Lipinski definition) is 3. The van der Waals surface area contributed by atoms with Crippen LogP contribution in [0.4, 0.5) is 0 Å². The lowest BCUT2D eigenvalue weighted by Gasteiger charge is -2.49. The van der Waals surface area contributed by atoms with Gasteiger partial charge >= 0.3 is 0 Å². The molecule has 3 fully saturated rings. The predicted octanol–water partition coefficient (Wildman–Crippen LogP) is 2.34. The van der Waals surface area contributed by atoms with E-state index in [4.69, 9.17) is 0 Å². The second-order valence-electron chi connectivity index (χ2n) is 6.90. The molecule has 5 heteroatoms. The Balaban J connectivity index is 1.55. The van der Waals surface area contributed by atoms with Gasteiger partial charge in [-0.25, -0.2) is 0 Å². The van der Waals surface area contributed by atoms with E-state index in [0.717, 1.165) is 23.0 Å². The quantitative estimate of drug-likeness (QED) is 0.914. The van der Waals surface area contributed by atoms with Gasteiger partial charge in [-0.05, 0) is 57.3 Å². The minimum Gasteiger partial charge on any atom is -0.347 e. The van der Waals surface area contributed by atoms with E-state index in [2.05, 4.69) is 34.3 Å². The first kappa shape index (κ1) is 14.7. The Bertz CT molecular complexity index is 728. The van der Waals surface area contributed by atoms with Crippen molar-refractivity contribution < 1.29 is 4.79 Å². The smallest absolute Gasteiger partial charge is 0.251 e. The monoisotopic (exact) mass is 312 g/mol. The third-order valence-electron chi connectivity index (χ3n) is 5.73. The molecule has 0 saturated carbocycles. The van der Waals surface area contributed by atoms with Crippen LogP contribution in [0.3, 0.4) is 0 Å². The maximum absolute atomic E-state index is 12.7. The van der Waals surface area contributed by atoms with E-state index in [-0.39, 0.29) is 11.9 Å².